The van der Waals surface area contributed by atoms with E-state index in [-0.39, 0.29) is 0 Å². The van der Waals surface area contributed by atoms with Gasteiger partial charge < -0.3 is 0 Å². The number of fused-ring (bicyclic) bond motifs is 1. The second-order valence-electron chi connectivity index (χ2n) is 6.48. The van der Waals surface area contributed by atoms with E-state index in [4.69, 9.17) is 5.10 Å². The Hall–Kier alpha value is -1.64. The minimum absolute atomic E-state index is 0.602. The van der Waals surface area contributed by atoms with Crippen LogP contribution in [0.1, 0.15) is 48.8 Å². The number of benzene rings is 1. The van der Waals surface area contributed by atoms with Crippen LogP contribution in [0.2, 0.25) is 0 Å². The third-order valence-electron chi connectivity index (χ3n) is 4.41. The first-order valence-corrected chi connectivity index (χ1v) is 7.55. The van der Waals surface area contributed by atoms with Gasteiger partial charge in [-0.1, -0.05) is 36.2 Å². The van der Waals surface area contributed by atoms with Gasteiger partial charge in [0.1, 0.15) is 5.69 Å². The van der Waals surface area contributed by atoms with Gasteiger partial charge in [-0.25, -0.2) is 4.57 Å². The molecule has 3 rings (SSSR count). The Labute approximate surface area is 121 Å². The summed E-state index contributed by atoms with van der Waals surface area (Å²) in [5.74, 6) is 1.89. The SMILES string of the molecule is Cc1cc(C)c(-n2c[n+]3c(n2)CC[C@H]3C(C)C)c(C)c1. The van der Waals surface area contributed by atoms with Crippen molar-refractivity contribution >= 4 is 0 Å². The van der Waals surface area contributed by atoms with Crippen LogP contribution in [-0.4, -0.2) is 9.78 Å². The molecule has 0 fully saturated rings. The summed E-state index contributed by atoms with van der Waals surface area (Å²) in [5.41, 5.74) is 5.15. The van der Waals surface area contributed by atoms with E-state index in [0.29, 0.717) is 12.0 Å². The van der Waals surface area contributed by atoms with Crippen molar-refractivity contribution in [3.8, 4) is 5.69 Å². The van der Waals surface area contributed by atoms with Crippen molar-refractivity contribution in [3.63, 3.8) is 0 Å². The fourth-order valence-corrected chi connectivity index (χ4v) is 3.55. The van der Waals surface area contributed by atoms with Gasteiger partial charge in [-0.3, -0.25) is 0 Å². The van der Waals surface area contributed by atoms with Gasteiger partial charge in [-0.15, -0.1) is 0 Å². The molecule has 1 aromatic carbocycles. The fourth-order valence-electron chi connectivity index (χ4n) is 3.55. The van der Waals surface area contributed by atoms with Crippen LogP contribution in [0.15, 0.2) is 18.5 Å². The molecule has 0 N–H and O–H groups in total. The highest BCUT2D eigenvalue weighted by molar-refractivity contribution is 5.48. The summed E-state index contributed by atoms with van der Waals surface area (Å²) in [4.78, 5) is 0. The maximum atomic E-state index is 4.82. The molecule has 0 spiro atoms. The van der Waals surface area contributed by atoms with Crippen LogP contribution in [-0.2, 0) is 6.42 Å². The molecule has 3 nitrogen and oxygen atoms in total. The summed E-state index contributed by atoms with van der Waals surface area (Å²) < 4.78 is 4.46. The third-order valence-corrected chi connectivity index (χ3v) is 4.41. The minimum atomic E-state index is 0.602. The zero-order chi connectivity index (χ0) is 14.4. The zero-order valence-corrected chi connectivity index (χ0v) is 13.1. The Morgan fingerprint density at radius 1 is 1.20 bits per heavy atom. The molecule has 3 heteroatoms. The minimum Gasteiger partial charge on any atom is -0.231 e. The van der Waals surface area contributed by atoms with E-state index in [1.807, 2.05) is 0 Å². The van der Waals surface area contributed by atoms with E-state index >= 15 is 0 Å². The molecule has 0 radical (unpaired) electrons. The Kier molecular flexibility index (Phi) is 3.15. The van der Waals surface area contributed by atoms with Crippen LogP contribution in [0.3, 0.4) is 0 Å². The largest absolute Gasteiger partial charge is 0.278 e. The maximum Gasteiger partial charge on any atom is 0.278 e. The maximum absolute atomic E-state index is 4.82. The summed E-state index contributed by atoms with van der Waals surface area (Å²) in [6.07, 6.45) is 4.52. The van der Waals surface area contributed by atoms with E-state index in [9.17, 15) is 0 Å². The van der Waals surface area contributed by atoms with Gasteiger partial charge >= 0.3 is 0 Å². The van der Waals surface area contributed by atoms with Crippen molar-refractivity contribution in [2.45, 2.75) is 53.5 Å². The Morgan fingerprint density at radius 2 is 1.85 bits per heavy atom. The number of hydrogen-bond donors (Lipinski definition) is 0. The van der Waals surface area contributed by atoms with E-state index in [2.05, 4.69) is 62.3 Å². The van der Waals surface area contributed by atoms with Gasteiger partial charge in [0.2, 0.25) is 6.33 Å². The molecule has 0 unspecified atom stereocenters. The van der Waals surface area contributed by atoms with E-state index in [0.717, 1.165) is 6.42 Å². The molecule has 1 aromatic heterocycles. The van der Waals surface area contributed by atoms with Crippen LogP contribution in [0.5, 0.6) is 0 Å². The van der Waals surface area contributed by atoms with Crippen LogP contribution < -0.4 is 4.57 Å². The van der Waals surface area contributed by atoms with E-state index < -0.39 is 0 Å². The van der Waals surface area contributed by atoms with Gasteiger partial charge in [0.15, 0.2) is 0 Å². The molecular formula is C17H24N3+. The van der Waals surface area contributed by atoms with Gasteiger partial charge in [-0.05, 0) is 44.2 Å². The molecular weight excluding hydrogens is 246 g/mol. The molecule has 0 bridgehead atoms. The Morgan fingerprint density at radius 3 is 2.45 bits per heavy atom. The molecule has 2 aromatic rings. The second-order valence-corrected chi connectivity index (χ2v) is 6.48. The zero-order valence-electron chi connectivity index (χ0n) is 13.1. The number of hydrogen-bond acceptors (Lipinski definition) is 1. The first kappa shape index (κ1) is 13.3. The smallest absolute Gasteiger partial charge is 0.231 e. The van der Waals surface area contributed by atoms with Crippen molar-refractivity contribution in [2.24, 2.45) is 5.92 Å². The predicted octanol–water partition coefficient (Wildman–Crippen LogP) is 3.23. The molecule has 0 amide bonds. The van der Waals surface area contributed by atoms with Crippen LogP contribution in [0.4, 0.5) is 0 Å². The van der Waals surface area contributed by atoms with Crippen molar-refractivity contribution in [1.82, 2.24) is 9.78 Å². The summed E-state index contributed by atoms with van der Waals surface area (Å²) >= 11 is 0. The lowest BCUT2D eigenvalue weighted by atomic mass is 10.0. The molecule has 2 heterocycles. The molecule has 0 saturated carbocycles. The van der Waals surface area contributed by atoms with E-state index in [1.165, 1.54) is 34.6 Å². The topological polar surface area (TPSA) is 21.7 Å². The van der Waals surface area contributed by atoms with Crippen molar-refractivity contribution < 1.29 is 4.57 Å². The van der Waals surface area contributed by atoms with Gasteiger partial charge in [0.25, 0.3) is 5.82 Å². The first-order chi connectivity index (χ1) is 9.47. The quantitative estimate of drug-likeness (QED) is 0.768. The van der Waals surface area contributed by atoms with Crippen LogP contribution >= 0.6 is 0 Å². The normalized spacial score (nSPS) is 17.8. The highest BCUT2D eigenvalue weighted by Gasteiger charge is 2.33. The number of rotatable bonds is 2. The number of aryl methyl sites for hydroxylation is 4. The van der Waals surface area contributed by atoms with Crippen LogP contribution in [0, 0.1) is 26.7 Å². The molecule has 1 aliphatic rings. The standard InChI is InChI=1S/C17H24N3/c1-11(2)15-6-7-16-18-20(10-19(15)16)17-13(4)8-12(3)9-14(17)5/h8-11,15H,6-7H2,1-5H3/q+1/t15-/m0/s1. The lowest BCUT2D eigenvalue weighted by Gasteiger charge is -2.12. The number of nitrogens with zero attached hydrogens (tertiary/aromatic N) is 3. The molecule has 0 aliphatic carbocycles. The summed E-state index contributed by atoms with van der Waals surface area (Å²) in [5, 5.41) is 4.82. The predicted molar refractivity (Wildman–Crippen MR) is 80.2 cm³/mol. The summed E-state index contributed by atoms with van der Waals surface area (Å²) in [7, 11) is 0. The first-order valence-electron chi connectivity index (χ1n) is 7.55. The number of aromatic nitrogens is 3. The van der Waals surface area contributed by atoms with Crippen molar-refractivity contribution in [1.29, 1.82) is 0 Å². The molecule has 106 valence electrons. The van der Waals surface area contributed by atoms with Gasteiger partial charge in [0, 0.05) is 11.5 Å². The van der Waals surface area contributed by atoms with Crippen LogP contribution in [0.25, 0.3) is 5.69 Å². The monoisotopic (exact) mass is 270 g/mol. The van der Waals surface area contributed by atoms with Crippen molar-refractivity contribution in [2.75, 3.05) is 0 Å². The summed E-state index contributed by atoms with van der Waals surface area (Å²) in [6.45, 7) is 11.1. The lowest BCUT2D eigenvalue weighted by Crippen LogP contribution is -2.38. The molecule has 20 heavy (non-hydrogen) atoms. The second kappa shape index (κ2) is 4.72. The molecule has 0 saturated heterocycles. The molecule has 1 atom stereocenters. The summed E-state index contributed by atoms with van der Waals surface area (Å²) in [6, 6.07) is 5.07. The Balaban J connectivity index is 2.08. The van der Waals surface area contributed by atoms with Gasteiger partial charge in [-0.2, -0.15) is 0 Å². The van der Waals surface area contributed by atoms with E-state index in [1.54, 1.807) is 0 Å². The average molecular weight is 270 g/mol. The molecule has 1 aliphatic heterocycles. The fraction of sp³-hybridized carbons (Fsp3) is 0.529. The third kappa shape index (κ3) is 2.05. The highest BCUT2D eigenvalue weighted by atomic mass is 15.4. The highest BCUT2D eigenvalue weighted by Crippen LogP contribution is 2.25. The van der Waals surface area contributed by atoms with Crippen molar-refractivity contribution in [3.05, 3.63) is 41.0 Å². The lowest BCUT2D eigenvalue weighted by molar-refractivity contribution is -0.723. The average Bonchev–Trinajstić information content (AvgIpc) is 2.86. The van der Waals surface area contributed by atoms with Gasteiger partial charge in [0.05, 0.1) is 6.04 Å². The Bertz CT molecular complexity index is 629.